The van der Waals surface area contributed by atoms with Crippen LogP contribution in [0.15, 0.2) is 30.3 Å². The number of para-hydroxylation sites is 1. The Morgan fingerprint density at radius 2 is 2.00 bits per heavy atom. The number of aliphatic hydroxyl groups excluding tert-OH is 1. The van der Waals surface area contributed by atoms with Gasteiger partial charge in [-0.3, -0.25) is 0 Å². The number of hydrazine groups is 1. The summed E-state index contributed by atoms with van der Waals surface area (Å²) >= 11 is 0. The van der Waals surface area contributed by atoms with E-state index in [9.17, 15) is 10.2 Å². The Balaban J connectivity index is 2.07. The van der Waals surface area contributed by atoms with Gasteiger partial charge in [0.1, 0.15) is 12.7 Å². The minimum absolute atomic E-state index is 0.0516. The molecule has 8 heteroatoms. The van der Waals surface area contributed by atoms with Gasteiger partial charge >= 0.3 is 0 Å². The van der Waals surface area contributed by atoms with Crippen LogP contribution in [0, 0.1) is 0 Å². The largest absolute Gasteiger partial charge is 0.504 e. The highest BCUT2D eigenvalue weighted by Crippen LogP contribution is 2.36. The minimum Gasteiger partial charge on any atom is -0.504 e. The number of nitrogens with zero attached hydrogens (tertiary/aromatic N) is 2. The van der Waals surface area contributed by atoms with E-state index < -0.39 is 6.10 Å². The van der Waals surface area contributed by atoms with Crippen LogP contribution in [0.3, 0.4) is 0 Å². The van der Waals surface area contributed by atoms with Crippen LogP contribution in [0.25, 0.3) is 11.3 Å². The molecular formula is C16H23N5O3. The normalized spacial score (nSPS) is 12.2. The minimum atomic E-state index is -0.676. The molecule has 0 spiro atoms. The quantitative estimate of drug-likeness (QED) is 0.356. The lowest BCUT2D eigenvalue weighted by Crippen LogP contribution is -2.35. The van der Waals surface area contributed by atoms with Crippen LogP contribution in [-0.2, 0) is 0 Å². The molecule has 0 aliphatic rings. The lowest BCUT2D eigenvalue weighted by Gasteiger charge is -2.16. The molecular weight excluding hydrogens is 310 g/mol. The zero-order valence-electron chi connectivity index (χ0n) is 13.7. The molecule has 1 atom stereocenters. The van der Waals surface area contributed by atoms with Gasteiger partial charge in [0.05, 0.1) is 5.69 Å². The van der Waals surface area contributed by atoms with E-state index in [1.165, 1.54) is 0 Å². The number of aromatic nitrogens is 2. The summed E-state index contributed by atoms with van der Waals surface area (Å²) in [7, 11) is 0. The van der Waals surface area contributed by atoms with Crippen molar-refractivity contribution in [2.45, 2.75) is 26.0 Å². The number of nitrogen functional groups attached to an aromatic ring is 1. The van der Waals surface area contributed by atoms with Gasteiger partial charge in [0, 0.05) is 18.2 Å². The van der Waals surface area contributed by atoms with Crippen LogP contribution in [0.5, 0.6) is 11.5 Å². The molecule has 2 aromatic rings. The fourth-order valence-corrected chi connectivity index (χ4v) is 2.02. The second-order valence-electron chi connectivity index (χ2n) is 5.63. The first-order chi connectivity index (χ1) is 11.5. The van der Waals surface area contributed by atoms with Gasteiger partial charge in [-0.2, -0.15) is 0 Å². The van der Waals surface area contributed by atoms with E-state index in [4.69, 9.17) is 10.6 Å². The molecule has 0 bridgehead atoms. The average Bonchev–Trinajstić information content (AvgIpc) is 2.59. The summed E-state index contributed by atoms with van der Waals surface area (Å²) in [5, 5.41) is 31.2. The summed E-state index contributed by atoms with van der Waals surface area (Å²) in [5.74, 6) is 5.90. The van der Waals surface area contributed by atoms with Crippen LogP contribution >= 0.6 is 0 Å². The lowest BCUT2D eigenvalue weighted by atomic mass is 10.1. The van der Waals surface area contributed by atoms with Gasteiger partial charge in [-0.05, 0) is 24.3 Å². The molecule has 0 aliphatic carbocycles. The predicted molar refractivity (Wildman–Crippen MR) is 91.6 cm³/mol. The van der Waals surface area contributed by atoms with Gasteiger partial charge in [-0.1, -0.05) is 19.9 Å². The molecule has 1 unspecified atom stereocenters. The number of phenols is 1. The first kappa shape index (κ1) is 17.9. The van der Waals surface area contributed by atoms with Crippen LogP contribution in [0.1, 0.15) is 13.8 Å². The molecule has 0 saturated heterocycles. The SMILES string of the molecule is CC(C)NCC(O)COc1cccc(-c2ccc(NN)nn2)c1O. The molecule has 2 rings (SSSR count). The van der Waals surface area contributed by atoms with Gasteiger partial charge in [-0.15, -0.1) is 10.2 Å². The Bertz CT molecular complexity index is 649. The van der Waals surface area contributed by atoms with E-state index in [0.717, 1.165) is 0 Å². The van der Waals surface area contributed by atoms with Crippen molar-refractivity contribution >= 4 is 5.82 Å². The fourth-order valence-electron chi connectivity index (χ4n) is 2.02. The molecule has 1 aromatic heterocycles. The summed E-state index contributed by atoms with van der Waals surface area (Å²) in [6.45, 7) is 4.47. The van der Waals surface area contributed by atoms with E-state index in [2.05, 4.69) is 20.9 Å². The van der Waals surface area contributed by atoms with Crippen molar-refractivity contribution in [1.82, 2.24) is 15.5 Å². The van der Waals surface area contributed by atoms with Gasteiger partial charge < -0.3 is 25.7 Å². The number of hydrogen-bond donors (Lipinski definition) is 5. The first-order valence-electron chi connectivity index (χ1n) is 7.68. The molecule has 8 nitrogen and oxygen atoms in total. The number of anilines is 1. The van der Waals surface area contributed by atoms with Crippen molar-refractivity contribution in [3.63, 3.8) is 0 Å². The Hall–Kier alpha value is -2.42. The molecule has 0 aliphatic heterocycles. The number of aliphatic hydroxyl groups is 1. The van der Waals surface area contributed by atoms with Crippen LogP contribution in [0.4, 0.5) is 5.82 Å². The van der Waals surface area contributed by atoms with Crippen molar-refractivity contribution in [3.05, 3.63) is 30.3 Å². The topological polar surface area (TPSA) is 126 Å². The van der Waals surface area contributed by atoms with Crippen LogP contribution in [0.2, 0.25) is 0 Å². The van der Waals surface area contributed by atoms with Gasteiger partial charge in [0.2, 0.25) is 0 Å². The van der Waals surface area contributed by atoms with E-state index in [1.54, 1.807) is 30.3 Å². The van der Waals surface area contributed by atoms with Crippen molar-refractivity contribution in [2.24, 2.45) is 5.84 Å². The predicted octanol–water partition coefficient (Wildman–Crippen LogP) is 0.872. The Morgan fingerprint density at radius 1 is 1.21 bits per heavy atom. The Labute approximate surface area is 140 Å². The maximum absolute atomic E-state index is 10.4. The number of phenolic OH excluding ortho intramolecular Hbond substituents is 1. The molecule has 24 heavy (non-hydrogen) atoms. The summed E-state index contributed by atoms with van der Waals surface area (Å²) in [6.07, 6.45) is -0.676. The van der Waals surface area contributed by atoms with E-state index in [-0.39, 0.29) is 24.1 Å². The molecule has 0 radical (unpaired) electrons. The third-order valence-electron chi connectivity index (χ3n) is 3.28. The molecule has 1 aromatic carbocycles. The van der Waals surface area contributed by atoms with Gasteiger partial charge in [0.15, 0.2) is 17.3 Å². The molecule has 0 fully saturated rings. The molecule has 0 amide bonds. The number of nitrogens with two attached hydrogens (primary N) is 1. The smallest absolute Gasteiger partial charge is 0.167 e. The highest BCUT2D eigenvalue weighted by Gasteiger charge is 2.13. The van der Waals surface area contributed by atoms with Gasteiger partial charge in [0.25, 0.3) is 0 Å². The fraction of sp³-hybridized carbons (Fsp3) is 0.375. The van der Waals surface area contributed by atoms with Crippen LogP contribution in [-0.4, -0.2) is 45.7 Å². The van der Waals surface area contributed by atoms with E-state index in [0.29, 0.717) is 23.6 Å². The second-order valence-corrected chi connectivity index (χ2v) is 5.63. The number of rotatable bonds is 8. The van der Waals surface area contributed by atoms with Crippen LogP contribution < -0.4 is 21.3 Å². The third-order valence-corrected chi connectivity index (χ3v) is 3.28. The number of hydrogen-bond acceptors (Lipinski definition) is 8. The zero-order valence-corrected chi connectivity index (χ0v) is 13.7. The number of aromatic hydroxyl groups is 1. The second kappa shape index (κ2) is 8.44. The number of ether oxygens (including phenoxy) is 1. The summed E-state index contributed by atoms with van der Waals surface area (Å²) in [5.41, 5.74) is 3.36. The summed E-state index contributed by atoms with van der Waals surface area (Å²) < 4.78 is 5.52. The van der Waals surface area contributed by atoms with E-state index in [1.807, 2.05) is 13.8 Å². The Morgan fingerprint density at radius 3 is 2.62 bits per heavy atom. The highest BCUT2D eigenvalue weighted by molar-refractivity contribution is 5.70. The average molecular weight is 333 g/mol. The highest BCUT2D eigenvalue weighted by atomic mass is 16.5. The third kappa shape index (κ3) is 4.79. The van der Waals surface area contributed by atoms with E-state index >= 15 is 0 Å². The monoisotopic (exact) mass is 333 g/mol. The van der Waals surface area contributed by atoms with Gasteiger partial charge in [-0.25, -0.2) is 5.84 Å². The maximum atomic E-state index is 10.4. The molecule has 0 saturated carbocycles. The lowest BCUT2D eigenvalue weighted by molar-refractivity contribution is 0.103. The molecule has 6 N–H and O–H groups in total. The number of benzene rings is 1. The number of nitrogens with one attached hydrogen (secondary N) is 2. The zero-order chi connectivity index (χ0) is 17.5. The molecule has 1 heterocycles. The van der Waals surface area contributed by atoms with Crippen molar-refractivity contribution < 1.29 is 14.9 Å². The first-order valence-corrected chi connectivity index (χ1v) is 7.68. The van der Waals surface area contributed by atoms with Crippen molar-refractivity contribution in [1.29, 1.82) is 0 Å². The van der Waals surface area contributed by atoms with Crippen molar-refractivity contribution in [3.8, 4) is 22.8 Å². The maximum Gasteiger partial charge on any atom is 0.167 e. The van der Waals surface area contributed by atoms with Crippen molar-refractivity contribution in [2.75, 3.05) is 18.6 Å². The molecule has 130 valence electrons. The standard InChI is InChI=1S/C16H23N5O3/c1-10(2)18-8-11(22)9-24-14-5-3-4-12(16(14)23)13-6-7-15(19-17)21-20-13/h3-7,10-11,18,22-23H,8-9,17H2,1-2H3,(H,19,21). The summed E-state index contributed by atoms with van der Waals surface area (Å²) in [4.78, 5) is 0. The summed E-state index contributed by atoms with van der Waals surface area (Å²) in [6, 6.07) is 8.68. The Kier molecular flexibility index (Phi) is 6.30.